The topological polar surface area (TPSA) is 115 Å². The molecular weight excluding hydrogens is 439 g/mol. The summed E-state index contributed by atoms with van der Waals surface area (Å²) >= 11 is 0. The van der Waals surface area contributed by atoms with Gasteiger partial charge >= 0.3 is 19.3 Å². The fraction of sp³-hybridized carbons (Fsp3) is 0.417. The van der Waals surface area contributed by atoms with Gasteiger partial charge in [0.25, 0.3) is 0 Å². The fourth-order valence-corrected chi connectivity index (χ4v) is 3.40. The first-order valence-electron chi connectivity index (χ1n) is 11.2. The molecule has 2 aromatic carbocycles. The van der Waals surface area contributed by atoms with Crippen molar-refractivity contribution in [3.8, 4) is 5.75 Å². The van der Waals surface area contributed by atoms with Crippen molar-refractivity contribution in [2.24, 2.45) is 0 Å². The van der Waals surface area contributed by atoms with E-state index in [1.807, 2.05) is 36.4 Å². The number of hydrogen-bond donors (Lipinski definition) is 3. The molecule has 0 saturated heterocycles. The third kappa shape index (κ3) is 7.67. The molecule has 1 heterocycles. The Labute approximate surface area is 199 Å². The fourth-order valence-electron chi connectivity index (χ4n) is 3.40. The lowest BCUT2D eigenvalue weighted by Gasteiger charge is -2.21. The summed E-state index contributed by atoms with van der Waals surface area (Å²) in [6.07, 6.45) is -1.03. The molecule has 0 saturated carbocycles. The third-order valence-electron chi connectivity index (χ3n) is 4.88. The minimum atomic E-state index is -1.16. The van der Waals surface area contributed by atoms with Crippen LogP contribution in [0.5, 0.6) is 5.75 Å². The zero-order valence-corrected chi connectivity index (χ0v) is 19.7. The molecule has 3 N–H and O–H groups in total. The lowest BCUT2D eigenvalue weighted by Crippen LogP contribution is -2.35. The Bertz CT molecular complexity index is 966. The standard InChI is InChI=1S/C24H31BN2O7/c1-24(2,3)33-23(29)27-15-20-18-11-7-12-19(21(18)25(30)34-20)31-14-8-13-26-22(28)32-16-17-9-5-4-6-10-17/h4-7,9-12,20,30H,8,13-16H2,1-3H3,(H,26,28)(H,27,29). The Kier molecular flexibility index (Phi) is 8.78. The molecule has 2 amide bonds. The second kappa shape index (κ2) is 11.8. The van der Waals surface area contributed by atoms with E-state index in [0.29, 0.717) is 30.8 Å². The molecular formula is C24H31BN2O7. The van der Waals surface area contributed by atoms with Crippen LogP contribution in [0.3, 0.4) is 0 Å². The zero-order valence-electron chi connectivity index (χ0n) is 19.7. The molecule has 1 aliphatic rings. The first-order chi connectivity index (χ1) is 16.2. The molecule has 2 aromatic rings. The number of hydrogen-bond acceptors (Lipinski definition) is 7. The molecule has 0 radical (unpaired) electrons. The molecule has 1 aliphatic heterocycles. The molecule has 10 heteroatoms. The van der Waals surface area contributed by atoms with Gasteiger partial charge in [-0.3, -0.25) is 0 Å². The van der Waals surface area contributed by atoms with Crippen LogP contribution in [0.4, 0.5) is 9.59 Å². The molecule has 34 heavy (non-hydrogen) atoms. The van der Waals surface area contributed by atoms with E-state index in [1.165, 1.54) is 0 Å². The number of rotatable bonds is 9. The normalized spacial score (nSPS) is 14.8. The van der Waals surface area contributed by atoms with Crippen molar-refractivity contribution < 1.29 is 33.5 Å². The summed E-state index contributed by atoms with van der Waals surface area (Å²) in [4.78, 5) is 23.7. The minimum Gasteiger partial charge on any atom is -0.494 e. The number of carbonyl (C=O) groups is 2. The molecule has 0 aromatic heterocycles. The maximum Gasteiger partial charge on any atom is 0.495 e. The van der Waals surface area contributed by atoms with E-state index in [0.717, 1.165) is 11.1 Å². The van der Waals surface area contributed by atoms with Crippen LogP contribution in [-0.2, 0) is 20.7 Å². The van der Waals surface area contributed by atoms with Crippen LogP contribution in [0.25, 0.3) is 0 Å². The van der Waals surface area contributed by atoms with Crippen molar-refractivity contribution in [2.75, 3.05) is 19.7 Å². The minimum absolute atomic E-state index is 0.150. The van der Waals surface area contributed by atoms with Crippen LogP contribution in [0, 0.1) is 0 Å². The summed E-state index contributed by atoms with van der Waals surface area (Å²) < 4.78 is 21.8. The summed E-state index contributed by atoms with van der Waals surface area (Å²) in [5, 5.41) is 15.7. The molecule has 1 unspecified atom stereocenters. The van der Waals surface area contributed by atoms with Gasteiger partial charge < -0.3 is 34.5 Å². The Balaban J connectivity index is 1.42. The van der Waals surface area contributed by atoms with E-state index in [-0.39, 0.29) is 13.2 Å². The number of fused-ring (bicyclic) bond motifs is 1. The monoisotopic (exact) mass is 470 g/mol. The van der Waals surface area contributed by atoms with E-state index in [4.69, 9.17) is 18.9 Å². The van der Waals surface area contributed by atoms with Crippen molar-refractivity contribution in [1.29, 1.82) is 0 Å². The molecule has 0 aliphatic carbocycles. The number of alkyl carbamates (subject to hydrolysis) is 2. The summed E-state index contributed by atoms with van der Waals surface area (Å²) in [6.45, 7) is 6.41. The summed E-state index contributed by atoms with van der Waals surface area (Å²) in [5.74, 6) is 0.497. The van der Waals surface area contributed by atoms with Crippen LogP contribution in [0.1, 0.15) is 44.4 Å². The highest BCUT2D eigenvalue weighted by molar-refractivity contribution is 6.62. The van der Waals surface area contributed by atoms with Gasteiger partial charge in [-0.05, 0) is 44.4 Å². The van der Waals surface area contributed by atoms with Gasteiger partial charge in [0, 0.05) is 18.6 Å². The summed E-state index contributed by atoms with van der Waals surface area (Å²) in [7, 11) is -1.16. The van der Waals surface area contributed by atoms with Crippen LogP contribution >= 0.6 is 0 Å². The van der Waals surface area contributed by atoms with Crippen molar-refractivity contribution in [1.82, 2.24) is 10.6 Å². The van der Waals surface area contributed by atoms with Gasteiger partial charge in [-0.25, -0.2) is 9.59 Å². The molecule has 182 valence electrons. The molecule has 9 nitrogen and oxygen atoms in total. The largest absolute Gasteiger partial charge is 0.495 e. The predicted octanol–water partition coefficient (Wildman–Crippen LogP) is 2.67. The van der Waals surface area contributed by atoms with Gasteiger partial charge in [-0.2, -0.15) is 0 Å². The van der Waals surface area contributed by atoms with E-state index in [9.17, 15) is 14.6 Å². The SMILES string of the molecule is CC(C)(C)OC(=O)NCC1OB(O)c2c(OCCCNC(=O)OCc3ccccc3)cccc21. The van der Waals surface area contributed by atoms with Crippen LogP contribution in [0.15, 0.2) is 48.5 Å². The zero-order chi connectivity index (χ0) is 24.6. The maximum absolute atomic E-state index is 11.9. The molecule has 0 bridgehead atoms. The summed E-state index contributed by atoms with van der Waals surface area (Å²) in [5.41, 5.74) is 1.59. The van der Waals surface area contributed by atoms with Gasteiger partial charge in [0.2, 0.25) is 0 Å². The smallest absolute Gasteiger partial charge is 0.494 e. The second-order valence-electron chi connectivity index (χ2n) is 8.81. The number of ether oxygens (including phenoxy) is 3. The Morgan fingerprint density at radius 3 is 2.56 bits per heavy atom. The van der Waals surface area contributed by atoms with E-state index < -0.39 is 31.0 Å². The average Bonchev–Trinajstić information content (AvgIpc) is 3.12. The predicted molar refractivity (Wildman–Crippen MR) is 127 cm³/mol. The Morgan fingerprint density at radius 1 is 1.06 bits per heavy atom. The first-order valence-corrected chi connectivity index (χ1v) is 11.2. The first kappa shape index (κ1) is 25.4. The number of amides is 2. The lowest BCUT2D eigenvalue weighted by atomic mass is 9.78. The highest BCUT2D eigenvalue weighted by Gasteiger charge is 2.38. The molecule has 1 atom stereocenters. The average molecular weight is 470 g/mol. The quantitative estimate of drug-likeness (QED) is 0.381. The van der Waals surface area contributed by atoms with Crippen LogP contribution in [0.2, 0.25) is 0 Å². The van der Waals surface area contributed by atoms with Gasteiger partial charge in [0.05, 0.1) is 12.7 Å². The van der Waals surface area contributed by atoms with Crippen LogP contribution in [-0.4, -0.2) is 49.6 Å². The Hall–Kier alpha value is -3.24. The maximum atomic E-state index is 11.9. The van der Waals surface area contributed by atoms with Gasteiger partial charge in [-0.1, -0.05) is 42.5 Å². The van der Waals surface area contributed by atoms with Gasteiger partial charge in [0.15, 0.2) is 0 Å². The van der Waals surface area contributed by atoms with Crippen LogP contribution < -0.4 is 20.8 Å². The highest BCUT2D eigenvalue weighted by Crippen LogP contribution is 2.27. The number of carbonyl (C=O) groups excluding carboxylic acids is 2. The van der Waals surface area contributed by atoms with E-state index in [1.54, 1.807) is 32.9 Å². The molecule has 0 spiro atoms. The van der Waals surface area contributed by atoms with E-state index >= 15 is 0 Å². The second-order valence-corrected chi connectivity index (χ2v) is 8.81. The summed E-state index contributed by atoms with van der Waals surface area (Å²) in [6, 6.07) is 14.8. The van der Waals surface area contributed by atoms with E-state index in [2.05, 4.69) is 10.6 Å². The van der Waals surface area contributed by atoms with Crippen molar-refractivity contribution in [3.05, 3.63) is 59.7 Å². The third-order valence-corrected chi connectivity index (χ3v) is 4.88. The molecule has 0 fully saturated rings. The Morgan fingerprint density at radius 2 is 1.82 bits per heavy atom. The molecule has 3 rings (SSSR count). The van der Waals surface area contributed by atoms with Gasteiger partial charge in [-0.15, -0.1) is 0 Å². The number of nitrogens with one attached hydrogen (secondary N) is 2. The van der Waals surface area contributed by atoms with Crippen molar-refractivity contribution in [3.63, 3.8) is 0 Å². The van der Waals surface area contributed by atoms with Crippen molar-refractivity contribution >= 4 is 24.8 Å². The highest BCUT2D eigenvalue weighted by atomic mass is 16.6. The van der Waals surface area contributed by atoms with Crippen molar-refractivity contribution in [2.45, 2.75) is 45.5 Å². The number of benzene rings is 2. The lowest BCUT2D eigenvalue weighted by molar-refractivity contribution is 0.0498. The van der Waals surface area contributed by atoms with Gasteiger partial charge in [0.1, 0.15) is 18.0 Å².